The van der Waals surface area contributed by atoms with E-state index in [0.717, 1.165) is 10.7 Å². The van der Waals surface area contributed by atoms with Gasteiger partial charge < -0.3 is 10.1 Å². The molecule has 2 unspecified atom stereocenters. The van der Waals surface area contributed by atoms with Crippen LogP contribution in [-0.4, -0.2) is 37.2 Å². The minimum absolute atomic E-state index is 0.0113. The topological polar surface area (TPSA) is 63.2 Å². The summed E-state index contributed by atoms with van der Waals surface area (Å²) in [6.07, 6.45) is 0. The number of methoxy groups -OCH3 is 1. The summed E-state index contributed by atoms with van der Waals surface area (Å²) in [5.74, 6) is -0.0113. The number of nitrogens with one attached hydrogen (secondary N) is 2. The summed E-state index contributed by atoms with van der Waals surface area (Å²) >= 11 is 1.67. The summed E-state index contributed by atoms with van der Waals surface area (Å²) < 4.78 is 4.90. The number of aromatic nitrogens is 1. The van der Waals surface area contributed by atoms with Crippen molar-refractivity contribution in [3.8, 4) is 0 Å². The average Bonchev–Trinajstić information content (AvgIpc) is 2.68. The smallest absolute Gasteiger partial charge is 0.236 e. The highest BCUT2D eigenvalue weighted by atomic mass is 32.1. The van der Waals surface area contributed by atoms with Gasteiger partial charge in [0, 0.05) is 24.6 Å². The van der Waals surface area contributed by atoms with E-state index in [1.807, 2.05) is 20.8 Å². The summed E-state index contributed by atoms with van der Waals surface area (Å²) in [4.78, 5) is 17.4. The van der Waals surface area contributed by atoms with Gasteiger partial charge in [0.05, 0.1) is 23.4 Å². The summed E-state index contributed by atoms with van der Waals surface area (Å²) in [6.45, 7) is 8.98. The van der Waals surface area contributed by atoms with Crippen molar-refractivity contribution >= 4 is 17.2 Å². The van der Waals surface area contributed by atoms with E-state index in [1.54, 1.807) is 18.4 Å². The van der Waals surface area contributed by atoms with E-state index >= 15 is 0 Å². The minimum Gasteiger partial charge on any atom is -0.383 e. The first-order valence-electron chi connectivity index (χ1n) is 6.42. The zero-order chi connectivity index (χ0) is 14.4. The molecule has 1 rings (SSSR count). The molecular formula is C13H23N3O2S. The van der Waals surface area contributed by atoms with E-state index in [2.05, 4.69) is 22.5 Å². The zero-order valence-corrected chi connectivity index (χ0v) is 13.1. The number of carbonyl (C=O) groups excluding carboxylic acids is 1. The van der Waals surface area contributed by atoms with Crippen molar-refractivity contribution in [2.75, 3.05) is 20.3 Å². The Morgan fingerprint density at radius 3 is 2.63 bits per heavy atom. The van der Waals surface area contributed by atoms with Gasteiger partial charge in [-0.05, 0) is 27.7 Å². The maximum atomic E-state index is 11.8. The van der Waals surface area contributed by atoms with Crippen LogP contribution in [-0.2, 0) is 9.53 Å². The second kappa shape index (κ2) is 7.57. The third-order valence-corrected chi connectivity index (χ3v) is 4.09. The fourth-order valence-electron chi connectivity index (χ4n) is 1.90. The van der Waals surface area contributed by atoms with E-state index < -0.39 is 0 Å². The van der Waals surface area contributed by atoms with Gasteiger partial charge in [0.1, 0.15) is 0 Å². The van der Waals surface area contributed by atoms with Gasteiger partial charge >= 0.3 is 0 Å². The zero-order valence-electron chi connectivity index (χ0n) is 12.2. The molecular weight excluding hydrogens is 262 g/mol. The summed E-state index contributed by atoms with van der Waals surface area (Å²) in [5.41, 5.74) is 1.04. The highest BCUT2D eigenvalue weighted by Crippen LogP contribution is 2.24. The van der Waals surface area contributed by atoms with Crippen LogP contribution < -0.4 is 10.6 Å². The van der Waals surface area contributed by atoms with E-state index in [9.17, 15) is 4.79 Å². The average molecular weight is 285 g/mol. The van der Waals surface area contributed by atoms with Gasteiger partial charge in [-0.15, -0.1) is 11.3 Å². The lowest BCUT2D eigenvalue weighted by Crippen LogP contribution is -2.44. The maximum Gasteiger partial charge on any atom is 0.236 e. The Morgan fingerprint density at radius 2 is 2.11 bits per heavy atom. The number of ether oxygens (including phenoxy) is 1. The highest BCUT2D eigenvalue weighted by Gasteiger charge is 2.18. The van der Waals surface area contributed by atoms with Gasteiger partial charge in [-0.1, -0.05) is 0 Å². The molecule has 0 saturated heterocycles. The molecule has 0 fully saturated rings. The molecule has 5 nitrogen and oxygen atoms in total. The van der Waals surface area contributed by atoms with Crippen LogP contribution in [0.1, 0.15) is 35.5 Å². The van der Waals surface area contributed by atoms with E-state index in [-0.39, 0.29) is 18.0 Å². The molecule has 6 heteroatoms. The quantitative estimate of drug-likeness (QED) is 0.746. The van der Waals surface area contributed by atoms with Gasteiger partial charge in [-0.3, -0.25) is 10.1 Å². The second-order valence-corrected chi connectivity index (χ2v) is 5.81. The summed E-state index contributed by atoms with van der Waals surface area (Å²) in [5, 5.41) is 7.17. The molecule has 2 N–H and O–H groups in total. The lowest BCUT2D eigenvalue weighted by Gasteiger charge is -2.19. The lowest BCUT2D eigenvalue weighted by molar-refractivity contribution is -0.123. The van der Waals surface area contributed by atoms with Crippen LogP contribution in [0.2, 0.25) is 0 Å². The van der Waals surface area contributed by atoms with E-state index in [0.29, 0.717) is 13.2 Å². The number of carbonyl (C=O) groups is 1. The first kappa shape index (κ1) is 16.1. The fourth-order valence-corrected chi connectivity index (χ4v) is 2.84. The molecule has 1 heterocycles. The number of hydrogen-bond donors (Lipinski definition) is 2. The van der Waals surface area contributed by atoms with Crippen LogP contribution in [0.15, 0.2) is 0 Å². The molecule has 108 valence electrons. The van der Waals surface area contributed by atoms with Crippen molar-refractivity contribution in [1.82, 2.24) is 15.6 Å². The molecule has 1 aromatic heterocycles. The third kappa shape index (κ3) is 4.89. The van der Waals surface area contributed by atoms with Crippen molar-refractivity contribution in [3.63, 3.8) is 0 Å². The molecule has 0 spiro atoms. The predicted octanol–water partition coefficient (Wildman–Crippen LogP) is 1.56. The normalized spacial score (nSPS) is 14.2. The number of thiazole rings is 1. The van der Waals surface area contributed by atoms with Crippen LogP contribution in [0, 0.1) is 13.8 Å². The Hall–Kier alpha value is -0.980. The number of aryl methyl sites for hydroxylation is 2. The molecule has 0 aliphatic rings. The Balaban J connectivity index is 2.49. The number of hydrogen-bond acceptors (Lipinski definition) is 5. The standard InChI is InChI=1S/C13H23N3O2S/c1-8(12-9(2)16-11(4)19-12)15-10(3)13(17)14-6-7-18-5/h8,10,15H,6-7H2,1-5H3,(H,14,17). The van der Waals surface area contributed by atoms with Crippen LogP contribution in [0.4, 0.5) is 0 Å². The first-order chi connectivity index (χ1) is 8.95. The predicted molar refractivity (Wildman–Crippen MR) is 77.5 cm³/mol. The Bertz CT molecular complexity index is 420. The van der Waals surface area contributed by atoms with Crippen molar-refractivity contribution in [1.29, 1.82) is 0 Å². The van der Waals surface area contributed by atoms with Crippen LogP contribution in [0.3, 0.4) is 0 Å². The molecule has 0 bridgehead atoms. The molecule has 0 aliphatic carbocycles. The molecule has 2 atom stereocenters. The Morgan fingerprint density at radius 1 is 1.42 bits per heavy atom. The second-order valence-electron chi connectivity index (χ2n) is 4.58. The highest BCUT2D eigenvalue weighted by molar-refractivity contribution is 7.11. The minimum atomic E-state index is -0.242. The van der Waals surface area contributed by atoms with Gasteiger partial charge in [0.15, 0.2) is 0 Å². The molecule has 0 aromatic carbocycles. The molecule has 0 radical (unpaired) electrons. The third-order valence-electron chi connectivity index (χ3n) is 2.83. The van der Waals surface area contributed by atoms with Crippen molar-refractivity contribution < 1.29 is 9.53 Å². The molecule has 0 saturated carbocycles. The molecule has 19 heavy (non-hydrogen) atoms. The number of amides is 1. The van der Waals surface area contributed by atoms with E-state index in [1.165, 1.54) is 4.88 Å². The van der Waals surface area contributed by atoms with Crippen LogP contribution >= 0.6 is 11.3 Å². The van der Waals surface area contributed by atoms with Crippen molar-refractivity contribution in [2.45, 2.75) is 39.8 Å². The van der Waals surface area contributed by atoms with Gasteiger partial charge in [-0.25, -0.2) is 4.98 Å². The Kier molecular flexibility index (Phi) is 6.41. The van der Waals surface area contributed by atoms with Crippen LogP contribution in [0.25, 0.3) is 0 Å². The van der Waals surface area contributed by atoms with Gasteiger partial charge in [-0.2, -0.15) is 0 Å². The van der Waals surface area contributed by atoms with Crippen molar-refractivity contribution in [3.05, 3.63) is 15.6 Å². The van der Waals surface area contributed by atoms with E-state index in [4.69, 9.17) is 4.74 Å². The molecule has 1 aromatic rings. The monoisotopic (exact) mass is 285 g/mol. The number of rotatable bonds is 7. The lowest BCUT2D eigenvalue weighted by atomic mass is 10.2. The van der Waals surface area contributed by atoms with Gasteiger partial charge in [0.2, 0.25) is 5.91 Å². The van der Waals surface area contributed by atoms with Crippen LogP contribution in [0.5, 0.6) is 0 Å². The molecule has 1 amide bonds. The largest absolute Gasteiger partial charge is 0.383 e. The maximum absolute atomic E-state index is 11.8. The first-order valence-corrected chi connectivity index (χ1v) is 7.24. The molecule has 0 aliphatic heterocycles. The summed E-state index contributed by atoms with van der Waals surface area (Å²) in [7, 11) is 1.62. The number of nitrogens with zero attached hydrogens (tertiary/aromatic N) is 1. The van der Waals surface area contributed by atoms with Gasteiger partial charge in [0.25, 0.3) is 0 Å². The Labute approximate surface area is 118 Å². The fraction of sp³-hybridized carbons (Fsp3) is 0.692. The van der Waals surface area contributed by atoms with Crippen molar-refractivity contribution in [2.24, 2.45) is 0 Å². The summed E-state index contributed by atoms with van der Waals surface area (Å²) in [6, 6.07) is -0.122. The SMILES string of the molecule is COCCNC(=O)C(C)NC(C)c1sc(C)nc1C.